The van der Waals surface area contributed by atoms with Crippen molar-refractivity contribution in [3.05, 3.63) is 83.6 Å². The van der Waals surface area contributed by atoms with E-state index in [-0.39, 0.29) is 53.6 Å². The number of hydrogen-bond donors (Lipinski definition) is 2. The predicted octanol–water partition coefficient (Wildman–Crippen LogP) is 5.65. The van der Waals surface area contributed by atoms with Crippen LogP contribution >= 0.6 is 0 Å². The number of carbonyl (C=O) groups is 3. The Hall–Kier alpha value is -3.47. The third-order valence-corrected chi connectivity index (χ3v) is 8.69. The van der Waals surface area contributed by atoms with Gasteiger partial charge < -0.3 is 10.3 Å². The fourth-order valence-corrected chi connectivity index (χ4v) is 6.87. The molecule has 37 heavy (non-hydrogen) atoms. The Balaban J connectivity index is 1.60. The zero-order chi connectivity index (χ0) is 26.3. The minimum absolute atomic E-state index is 0.0328. The lowest BCUT2D eigenvalue weighted by Crippen LogP contribution is -2.51. The molecule has 0 bridgehead atoms. The summed E-state index contributed by atoms with van der Waals surface area (Å²) < 4.78 is 0. The van der Waals surface area contributed by atoms with E-state index < -0.39 is 5.41 Å². The lowest BCUT2D eigenvalue weighted by Gasteiger charge is -2.44. The highest BCUT2D eigenvalue weighted by Gasteiger charge is 2.64. The second-order valence-electron chi connectivity index (χ2n) is 11.3. The molecule has 3 aliphatic rings. The number of benzene rings is 1. The number of H-pyrrole nitrogens is 1. The molecular weight excluding hydrogens is 460 g/mol. The molecule has 0 unspecified atom stereocenters. The van der Waals surface area contributed by atoms with Gasteiger partial charge in [0.25, 0.3) is 0 Å². The van der Waals surface area contributed by atoms with Gasteiger partial charge in [0, 0.05) is 41.4 Å². The Morgan fingerprint density at radius 2 is 1.81 bits per heavy atom. The monoisotopic (exact) mass is 496 g/mol. The van der Waals surface area contributed by atoms with Crippen LogP contribution in [0.3, 0.4) is 0 Å². The fourth-order valence-electron chi connectivity index (χ4n) is 6.87. The summed E-state index contributed by atoms with van der Waals surface area (Å²) in [4.78, 5) is 44.1. The van der Waals surface area contributed by atoms with E-state index in [1.165, 1.54) is 17.7 Å². The smallest absolute Gasteiger partial charge is 0.235 e. The van der Waals surface area contributed by atoms with Crippen molar-refractivity contribution in [3.63, 3.8) is 0 Å². The number of aromatic amines is 1. The Kier molecular flexibility index (Phi) is 6.65. The third kappa shape index (κ3) is 4.35. The van der Waals surface area contributed by atoms with Gasteiger partial charge in [-0.25, -0.2) is 0 Å². The van der Waals surface area contributed by atoms with E-state index >= 15 is 0 Å². The van der Waals surface area contributed by atoms with Crippen molar-refractivity contribution >= 4 is 28.4 Å². The summed E-state index contributed by atoms with van der Waals surface area (Å²) in [5, 5.41) is 4.38. The molecule has 1 spiro atoms. The van der Waals surface area contributed by atoms with Crippen LogP contribution < -0.4 is 5.32 Å². The van der Waals surface area contributed by atoms with E-state index in [0.29, 0.717) is 6.42 Å². The molecule has 5 nitrogen and oxygen atoms in total. The minimum Gasteiger partial charge on any atom is -0.361 e. The third-order valence-electron chi connectivity index (χ3n) is 8.69. The average molecular weight is 497 g/mol. The first-order valence-corrected chi connectivity index (χ1v) is 13.3. The maximum absolute atomic E-state index is 14.1. The van der Waals surface area contributed by atoms with Gasteiger partial charge in [0.15, 0.2) is 11.6 Å². The topological polar surface area (TPSA) is 79.0 Å². The Labute approximate surface area is 218 Å². The van der Waals surface area contributed by atoms with Crippen molar-refractivity contribution in [1.82, 2.24) is 10.3 Å². The van der Waals surface area contributed by atoms with Crippen molar-refractivity contribution < 1.29 is 14.4 Å². The molecule has 1 saturated heterocycles. The van der Waals surface area contributed by atoms with E-state index in [4.69, 9.17) is 0 Å². The number of amides is 1. The van der Waals surface area contributed by atoms with Gasteiger partial charge in [-0.15, -0.1) is 0 Å². The molecule has 2 aliphatic carbocycles. The van der Waals surface area contributed by atoms with Crippen molar-refractivity contribution in [2.75, 3.05) is 0 Å². The summed E-state index contributed by atoms with van der Waals surface area (Å²) in [6, 6.07) is 7.95. The maximum Gasteiger partial charge on any atom is 0.235 e. The predicted molar refractivity (Wildman–Crippen MR) is 147 cm³/mol. The molecule has 1 aromatic carbocycles. The molecule has 6 atom stereocenters. The normalized spacial score (nSPS) is 35.7. The van der Waals surface area contributed by atoms with Crippen molar-refractivity contribution in [1.29, 1.82) is 0 Å². The fraction of sp³-hybridized carbons (Fsp3) is 0.406. The van der Waals surface area contributed by atoms with Crippen molar-refractivity contribution in [2.24, 2.45) is 29.1 Å². The van der Waals surface area contributed by atoms with Gasteiger partial charge in [0.1, 0.15) is 5.41 Å². The van der Waals surface area contributed by atoms with Crippen LogP contribution in [0, 0.1) is 29.1 Å². The highest BCUT2D eigenvalue weighted by atomic mass is 16.2. The lowest BCUT2D eigenvalue weighted by atomic mass is 9.55. The standard InChI is InChI=1S/C32H36N2O3/c1-19-8-7-9-24-16-21(3)22(4)30-28(17-23-18-33-27-11-6-5-10-26(23)27)34-31(37)32(24,30)29(36)13-12-25(35)15-20(2)14-19/h5-7,9-14,16,18-19,22,24,28,30,33H,8,15,17H2,1-4H3,(H,34,37)/b9-7+,13-12+,20-14-/t19-,22+,24-,28-,30-,32+/m0/s1. The number of carbonyl (C=O) groups excluding carboxylic acids is 3. The highest BCUT2D eigenvalue weighted by Crippen LogP contribution is 2.54. The molecule has 1 amide bonds. The second-order valence-corrected chi connectivity index (χ2v) is 11.3. The van der Waals surface area contributed by atoms with Crippen molar-refractivity contribution in [2.45, 2.75) is 53.0 Å². The van der Waals surface area contributed by atoms with Crippen LogP contribution in [0.2, 0.25) is 0 Å². The summed E-state index contributed by atoms with van der Waals surface area (Å²) in [6.45, 7) is 8.31. The van der Waals surface area contributed by atoms with Crippen LogP contribution in [0.4, 0.5) is 0 Å². The summed E-state index contributed by atoms with van der Waals surface area (Å²) >= 11 is 0. The van der Waals surface area contributed by atoms with Crippen LogP contribution in [0.5, 0.6) is 0 Å². The first-order chi connectivity index (χ1) is 17.7. The molecule has 5 rings (SSSR count). The number of aromatic nitrogens is 1. The van der Waals surface area contributed by atoms with Gasteiger partial charge in [-0.3, -0.25) is 14.4 Å². The van der Waals surface area contributed by atoms with E-state index in [0.717, 1.165) is 28.5 Å². The Morgan fingerprint density at radius 3 is 2.62 bits per heavy atom. The number of fused-ring (bicyclic) bond motifs is 1. The Morgan fingerprint density at radius 1 is 1.03 bits per heavy atom. The first kappa shape index (κ1) is 25.2. The van der Waals surface area contributed by atoms with Gasteiger partial charge in [0.2, 0.25) is 5.91 Å². The number of ketones is 2. The minimum atomic E-state index is -1.28. The molecule has 2 heterocycles. The molecule has 2 N–H and O–H groups in total. The van der Waals surface area contributed by atoms with Gasteiger partial charge in [0.05, 0.1) is 0 Å². The molecule has 5 heteroatoms. The number of rotatable bonds is 2. The molecule has 1 aromatic heterocycles. The highest BCUT2D eigenvalue weighted by molar-refractivity contribution is 6.15. The SMILES string of the molecule is CC1=C[C@@H]2/C=C/C[C@H](C)/C=C(/C)CC(=O)/C=C/C(=O)[C@]23C(=O)N[C@@H](Cc2c[nH]c4ccccc24)[C@@H]3[C@@H]1C. The zero-order valence-electron chi connectivity index (χ0n) is 22.1. The van der Waals surface area contributed by atoms with Crippen LogP contribution in [0.1, 0.15) is 46.1 Å². The molecule has 0 radical (unpaired) electrons. The van der Waals surface area contributed by atoms with E-state index in [9.17, 15) is 14.4 Å². The summed E-state index contributed by atoms with van der Waals surface area (Å²) in [5.74, 6) is -0.928. The number of allylic oxidation sites excluding steroid dienone is 8. The van der Waals surface area contributed by atoms with Gasteiger partial charge in [-0.05, 0) is 62.3 Å². The number of nitrogens with one attached hydrogen (secondary N) is 2. The summed E-state index contributed by atoms with van der Waals surface area (Å²) in [7, 11) is 0. The van der Waals surface area contributed by atoms with E-state index in [1.807, 2.05) is 31.3 Å². The van der Waals surface area contributed by atoms with Crippen LogP contribution in [-0.4, -0.2) is 28.5 Å². The largest absolute Gasteiger partial charge is 0.361 e. The molecule has 1 aliphatic heterocycles. The molecule has 192 valence electrons. The molecular formula is C32H36N2O3. The van der Waals surface area contributed by atoms with Crippen molar-refractivity contribution in [3.8, 4) is 0 Å². The van der Waals surface area contributed by atoms with Crippen LogP contribution in [0.15, 0.2) is 78.1 Å². The molecule has 2 aromatic rings. The van der Waals surface area contributed by atoms with Gasteiger partial charge >= 0.3 is 0 Å². The lowest BCUT2D eigenvalue weighted by molar-refractivity contribution is -0.142. The summed E-state index contributed by atoms with van der Waals surface area (Å²) in [6.07, 6.45) is 14.8. The quantitative estimate of drug-likeness (QED) is 0.417. The summed E-state index contributed by atoms with van der Waals surface area (Å²) in [5.41, 5.74) is 3.10. The maximum atomic E-state index is 14.1. The average Bonchev–Trinajstić information content (AvgIpc) is 3.39. The van der Waals surface area contributed by atoms with Gasteiger partial charge in [-0.2, -0.15) is 0 Å². The molecule has 1 fully saturated rings. The molecule has 0 saturated carbocycles. The zero-order valence-corrected chi connectivity index (χ0v) is 22.1. The number of hydrogen-bond acceptors (Lipinski definition) is 3. The van der Waals surface area contributed by atoms with E-state index in [1.54, 1.807) is 0 Å². The second kappa shape index (κ2) is 9.77. The number of para-hydroxylation sites is 1. The van der Waals surface area contributed by atoms with Gasteiger partial charge in [-0.1, -0.05) is 67.5 Å². The van der Waals surface area contributed by atoms with Crippen LogP contribution in [-0.2, 0) is 20.8 Å². The van der Waals surface area contributed by atoms with E-state index in [2.05, 4.69) is 61.4 Å². The first-order valence-electron chi connectivity index (χ1n) is 13.3. The Bertz CT molecular complexity index is 1370. The van der Waals surface area contributed by atoms with Crippen LogP contribution in [0.25, 0.3) is 10.9 Å².